The molecule has 0 spiro atoms. The minimum absolute atomic E-state index is 0.0675. The van der Waals surface area contributed by atoms with E-state index < -0.39 is 49.7 Å². The zero-order chi connectivity index (χ0) is 28.7. The number of halogens is 3. The van der Waals surface area contributed by atoms with Crippen molar-refractivity contribution in [2.45, 2.75) is 74.4 Å². The van der Waals surface area contributed by atoms with Crippen LogP contribution in [0.2, 0.25) is 10.0 Å². The highest BCUT2D eigenvalue weighted by molar-refractivity contribution is 7.13. The summed E-state index contributed by atoms with van der Waals surface area (Å²) in [6, 6.07) is 8.91. The van der Waals surface area contributed by atoms with Crippen LogP contribution in [0.4, 0.5) is 0 Å². The van der Waals surface area contributed by atoms with Crippen LogP contribution < -0.4 is 0 Å². The van der Waals surface area contributed by atoms with Crippen LogP contribution in [-0.2, 0) is 17.6 Å². The van der Waals surface area contributed by atoms with Crippen molar-refractivity contribution in [2.75, 3.05) is 13.2 Å². The minimum atomic E-state index is -1.80. The number of carbonyl (C=O) groups excluding carboxylic acids is 1. The maximum Gasteiger partial charge on any atom is 0.348 e. The van der Waals surface area contributed by atoms with E-state index >= 15 is 0 Å². The highest BCUT2D eigenvalue weighted by atomic mass is 35.5. The van der Waals surface area contributed by atoms with Crippen LogP contribution in [0.1, 0.15) is 45.8 Å². The summed E-state index contributed by atoms with van der Waals surface area (Å²) in [6.07, 6.45) is -2.88. The Morgan fingerprint density at radius 2 is 1.64 bits per heavy atom. The molecule has 1 aromatic heterocycles. The number of ether oxygens (including phenoxy) is 1. The quantitative estimate of drug-likeness (QED) is 0.139. The van der Waals surface area contributed by atoms with Gasteiger partial charge in [-0.2, -0.15) is 0 Å². The molecule has 1 aliphatic carbocycles. The number of alkyl halides is 1. The number of aryl methyl sites for hydroxylation is 2. The topological polar surface area (TPSA) is 148 Å². The second-order valence-corrected chi connectivity index (χ2v) is 12.6. The first-order valence-electron chi connectivity index (χ1n) is 12.9. The Hall–Kier alpha value is -0.980. The molecule has 5 unspecified atom stereocenters. The van der Waals surface area contributed by atoms with Gasteiger partial charge in [-0.3, -0.25) is 0 Å². The van der Waals surface area contributed by atoms with Crippen LogP contribution in [0.15, 0.2) is 30.3 Å². The molecule has 1 aliphatic rings. The van der Waals surface area contributed by atoms with Crippen molar-refractivity contribution >= 4 is 52.1 Å². The summed E-state index contributed by atoms with van der Waals surface area (Å²) in [5, 5.41) is 59.3. The van der Waals surface area contributed by atoms with Crippen LogP contribution in [-0.4, -0.2) is 85.7 Å². The number of aliphatic hydroxyl groups is 6. The zero-order valence-corrected chi connectivity index (χ0v) is 24.3. The molecule has 1 saturated carbocycles. The lowest BCUT2D eigenvalue weighted by molar-refractivity contribution is -0.124. The Kier molecular flexibility index (Phi) is 12.8. The molecule has 0 saturated heterocycles. The number of hydrogen-bond acceptors (Lipinski definition) is 9. The van der Waals surface area contributed by atoms with E-state index in [-0.39, 0.29) is 17.2 Å². The monoisotopic (exact) mass is 624 g/mol. The predicted octanol–water partition coefficient (Wildman–Crippen LogP) is 3.21. The van der Waals surface area contributed by atoms with Gasteiger partial charge in [0.1, 0.15) is 35.9 Å². The highest BCUT2D eigenvalue weighted by Crippen LogP contribution is 2.42. The summed E-state index contributed by atoms with van der Waals surface area (Å²) in [5.41, 5.74) is 1.02. The van der Waals surface area contributed by atoms with E-state index in [0.717, 1.165) is 42.5 Å². The normalized spacial score (nSPS) is 24.3. The van der Waals surface area contributed by atoms with Gasteiger partial charge >= 0.3 is 5.97 Å². The van der Waals surface area contributed by atoms with Crippen LogP contribution in [0.3, 0.4) is 0 Å². The first-order chi connectivity index (χ1) is 18.5. The summed E-state index contributed by atoms with van der Waals surface area (Å²) in [4.78, 5) is 13.7. The molecule has 0 aliphatic heterocycles. The molecular formula is C27H35Cl3O8S. The smallest absolute Gasteiger partial charge is 0.348 e. The third-order valence-corrected chi connectivity index (χ3v) is 9.26. The molecule has 8 nitrogen and oxygen atoms in total. The van der Waals surface area contributed by atoms with Crippen molar-refractivity contribution in [3.63, 3.8) is 0 Å². The van der Waals surface area contributed by atoms with Crippen LogP contribution >= 0.6 is 46.1 Å². The summed E-state index contributed by atoms with van der Waals surface area (Å²) < 4.78 is 5.04. The lowest BCUT2D eigenvalue weighted by Crippen LogP contribution is -2.47. The van der Waals surface area contributed by atoms with E-state index in [9.17, 15) is 30.3 Å². The van der Waals surface area contributed by atoms with Gasteiger partial charge < -0.3 is 35.4 Å². The van der Waals surface area contributed by atoms with E-state index in [0.29, 0.717) is 21.3 Å². The van der Waals surface area contributed by atoms with Gasteiger partial charge in [0.25, 0.3) is 0 Å². The first kappa shape index (κ1) is 32.5. The van der Waals surface area contributed by atoms with Gasteiger partial charge in [-0.15, -0.1) is 22.9 Å². The fraction of sp³-hybridized carbons (Fsp3) is 0.593. The van der Waals surface area contributed by atoms with Gasteiger partial charge in [0.05, 0.1) is 12.7 Å². The number of esters is 1. The Labute approximate surface area is 246 Å². The molecule has 218 valence electrons. The second kappa shape index (κ2) is 15.3. The average Bonchev–Trinajstić information content (AvgIpc) is 3.47. The molecule has 0 radical (unpaired) electrons. The Morgan fingerprint density at radius 3 is 2.31 bits per heavy atom. The number of aliphatic hydroxyl groups excluding tert-OH is 6. The predicted molar refractivity (Wildman–Crippen MR) is 151 cm³/mol. The molecule has 39 heavy (non-hydrogen) atoms. The molecular weight excluding hydrogens is 591 g/mol. The molecule has 8 atom stereocenters. The molecule has 3 rings (SSSR count). The van der Waals surface area contributed by atoms with Crippen molar-refractivity contribution in [1.82, 2.24) is 0 Å². The number of benzene rings is 1. The van der Waals surface area contributed by atoms with Gasteiger partial charge in [-0.05, 0) is 86.3 Å². The van der Waals surface area contributed by atoms with Gasteiger partial charge in [0, 0.05) is 20.3 Å². The molecule has 1 aromatic carbocycles. The third-order valence-electron chi connectivity index (χ3n) is 7.20. The Balaban J connectivity index is 1.46. The van der Waals surface area contributed by atoms with E-state index in [1.165, 1.54) is 11.3 Å². The summed E-state index contributed by atoms with van der Waals surface area (Å²) >= 11 is 20.1. The Morgan fingerprint density at radius 1 is 0.974 bits per heavy atom. The Bertz CT molecular complexity index is 1050. The van der Waals surface area contributed by atoms with Crippen molar-refractivity contribution in [3.05, 3.63) is 55.7 Å². The lowest BCUT2D eigenvalue weighted by Gasteiger charge is -2.25. The maximum atomic E-state index is 12.4. The van der Waals surface area contributed by atoms with Gasteiger partial charge in [0.15, 0.2) is 0 Å². The molecule has 6 N–H and O–H groups in total. The number of thiophene rings is 1. The van der Waals surface area contributed by atoms with E-state index in [4.69, 9.17) is 44.6 Å². The molecule has 12 heteroatoms. The van der Waals surface area contributed by atoms with Crippen molar-refractivity contribution < 1.29 is 40.2 Å². The van der Waals surface area contributed by atoms with Crippen LogP contribution in [0.5, 0.6) is 0 Å². The number of hydrogen-bond donors (Lipinski definition) is 6. The summed E-state index contributed by atoms with van der Waals surface area (Å²) in [7, 11) is 0. The molecule has 0 bridgehead atoms. The lowest BCUT2D eigenvalue weighted by atomic mass is 9.85. The standard InChI is InChI=1S/C27H35Cl3O8S/c28-15-8-14(9-16(29)10-15)4-6-19-18(20(30)11-21(19)32)3-1-2-17-5-7-24(39-17)27(37)38-13-23(34)26(36)25(35)22(33)12-31/h5,7-10,18-23,25-26,31-36H,1-4,6,11-13H2/t18-,19?,20-,21-,22?,23?,25?,26?/m1/s1. The van der Waals surface area contributed by atoms with Gasteiger partial charge in [-0.25, -0.2) is 4.79 Å². The molecule has 0 amide bonds. The number of carbonyl (C=O) groups is 1. The molecule has 1 fully saturated rings. The van der Waals surface area contributed by atoms with Crippen molar-refractivity contribution in [3.8, 4) is 0 Å². The SMILES string of the molecule is O=C(OCC(O)C(O)C(O)C(O)CO)c1ccc(CCC[C@@H]2C(CCc3cc(Cl)cc(Cl)c3)[C@H](O)C[C@H]2Cl)s1. The largest absolute Gasteiger partial charge is 0.459 e. The van der Waals surface area contributed by atoms with E-state index in [2.05, 4.69) is 0 Å². The average molecular weight is 626 g/mol. The third kappa shape index (κ3) is 9.26. The summed E-state index contributed by atoms with van der Waals surface area (Å²) in [5.74, 6) is -0.457. The van der Waals surface area contributed by atoms with Crippen LogP contribution in [0, 0.1) is 11.8 Å². The maximum absolute atomic E-state index is 12.4. The van der Waals surface area contributed by atoms with E-state index in [1.54, 1.807) is 12.1 Å². The highest BCUT2D eigenvalue weighted by Gasteiger charge is 2.40. The van der Waals surface area contributed by atoms with E-state index in [1.807, 2.05) is 18.2 Å². The molecule has 2 aromatic rings. The van der Waals surface area contributed by atoms with Crippen molar-refractivity contribution in [1.29, 1.82) is 0 Å². The van der Waals surface area contributed by atoms with Gasteiger partial charge in [0.2, 0.25) is 0 Å². The fourth-order valence-electron chi connectivity index (χ4n) is 5.05. The second-order valence-electron chi connectivity index (χ2n) is 10.0. The fourth-order valence-corrected chi connectivity index (χ4v) is 7.06. The zero-order valence-electron chi connectivity index (χ0n) is 21.2. The molecule has 1 heterocycles. The minimum Gasteiger partial charge on any atom is -0.459 e. The summed E-state index contributed by atoms with van der Waals surface area (Å²) in [6.45, 7) is -1.39. The van der Waals surface area contributed by atoms with Crippen molar-refractivity contribution in [2.24, 2.45) is 11.8 Å². The van der Waals surface area contributed by atoms with Gasteiger partial charge in [-0.1, -0.05) is 23.2 Å². The number of rotatable bonds is 14. The van der Waals surface area contributed by atoms with Crippen LogP contribution in [0.25, 0.3) is 0 Å². The first-order valence-corrected chi connectivity index (χ1v) is 14.9.